The summed E-state index contributed by atoms with van der Waals surface area (Å²) >= 11 is 1.65. The van der Waals surface area contributed by atoms with Crippen molar-refractivity contribution in [2.75, 3.05) is 34.0 Å². The molecule has 0 bridgehead atoms. The second-order valence-electron chi connectivity index (χ2n) is 7.39. The number of hydrogen-bond donors (Lipinski definition) is 1. The average Bonchev–Trinajstić information content (AvgIpc) is 3.09. The second kappa shape index (κ2) is 13.7. The van der Waals surface area contributed by atoms with Gasteiger partial charge in [0.05, 0.1) is 7.11 Å². The van der Waals surface area contributed by atoms with Crippen LogP contribution in [-0.2, 0) is 19.5 Å². The van der Waals surface area contributed by atoms with E-state index < -0.39 is 0 Å². The van der Waals surface area contributed by atoms with Crippen molar-refractivity contribution in [3.05, 3.63) is 35.7 Å². The van der Waals surface area contributed by atoms with Crippen LogP contribution in [0.4, 0.5) is 0 Å². The third kappa shape index (κ3) is 7.98. The summed E-state index contributed by atoms with van der Waals surface area (Å²) in [6, 6.07) is 8.12. The van der Waals surface area contributed by atoms with E-state index in [1.807, 2.05) is 26.2 Å². The third-order valence-corrected chi connectivity index (χ3v) is 5.20. The van der Waals surface area contributed by atoms with Gasteiger partial charge in [-0.1, -0.05) is 37.7 Å². The molecule has 0 aliphatic carbocycles. The first-order valence-corrected chi connectivity index (χ1v) is 11.2. The van der Waals surface area contributed by atoms with Crippen LogP contribution in [0.3, 0.4) is 0 Å². The first-order valence-electron chi connectivity index (χ1n) is 9.99. The average molecular weight is 547 g/mol. The second-order valence-corrected chi connectivity index (χ2v) is 8.16. The maximum atomic E-state index is 5.22. The summed E-state index contributed by atoms with van der Waals surface area (Å²) in [5.41, 5.74) is 1.21. The number of nitrogens with zero attached hydrogens (tertiary/aromatic N) is 5. The molecule has 0 aliphatic heterocycles. The van der Waals surface area contributed by atoms with E-state index in [9.17, 15) is 0 Å². The van der Waals surface area contributed by atoms with Gasteiger partial charge in [-0.05, 0) is 36.3 Å². The van der Waals surface area contributed by atoms with Crippen molar-refractivity contribution in [2.45, 2.75) is 44.9 Å². The number of methoxy groups -OCH3 is 1. The Morgan fingerprint density at radius 2 is 1.97 bits per heavy atom. The Morgan fingerprint density at radius 3 is 2.53 bits per heavy atom. The summed E-state index contributed by atoms with van der Waals surface area (Å²) in [7, 11) is 5.54. The van der Waals surface area contributed by atoms with E-state index >= 15 is 0 Å². The molecule has 0 amide bonds. The number of aryl methyl sites for hydroxylation is 1. The maximum Gasteiger partial charge on any atom is 0.193 e. The summed E-state index contributed by atoms with van der Waals surface area (Å²) < 4.78 is 7.47. The van der Waals surface area contributed by atoms with Crippen molar-refractivity contribution in [3.8, 4) is 5.75 Å². The molecular formula is C21H35IN6OS. The van der Waals surface area contributed by atoms with Crippen LogP contribution < -0.4 is 10.1 Å². The van der Waals surface area contributed by atoms with Gasteiger partial charge in [0.15, 0.2) is 11.1 Å². The first kappa shape index (κ1) is 26.5. The zero-order valence-corrected chi connectivity index (χ0v) is 22.0. The Kier molecular flexibility index (Phi) is 12.2. The van der Waals surface area contributed by atoms with Crippen molar-refractivity contribution >= 4 is 41.7 Å². The number of hydrogen-bond acceptors (Lipinski definition) is 5. The molecule has 9 heteroatoms. The molecule has 168 valence electrons. The zero-order chi connectivity index (χ0) is 21.2. The Balaban J connectivity index is 0.00000450. The van der Waals surface area contributed by atoms with Crippen molar-refractivity contribution in [2.24, 2.45) is 10.9 Å². The Hall–Kier alpha value is -1.49. The highest BCUT2D eigenvalue weighted by Crippen LogP contribution is 2.17. The molecule has 0 spiro atoms. The van der Waals surface area contributed by atoms with E-state index in [2.05, 4.69) is 62.2 Å². The summed E-state index contributed by atoms with van der Waals surface area (Å²) in [5, 5.41) is 13.2. The van der Waals surface area contributed by atoms with Gasteiger partial charge in [-0.15, -0.1) is 34.2 Å². The van der Waals surface area contributed by atoms with Crippen LogP contribution in [0.2, 0.25) is 0 Å². The minimum Gasteiger partial charge on any atom is -0.497 e. The molecule has 0 aliphatic rings. The van der Waals surface area contributed by atoms with Crippen molar-refractivity contribution in [1.29, 1.82) is 0 Å². The largest absolute Gasteiger partial charge is 0.497 e. The fraction of sp³-hybridized carbons (Fsp3) is 0.571. The number of halogens is 1. The molecule has 2 aromatic rings. The predicted octanol–water partition coefficient (Wildman–Crippen LogP) is 3.92. The molecule has 0 unspecified atom stereocenters. The van der Waals surface area contributed by atoms with Gasteiger partial charge in [-0.2, -0.15) is 0 Å². The van der Waals surface area contributed by atoms with Crippen LogP contribution in [0.15, 0.2) is 34.4 Å². The number of thioether (sulfide) groups is 1. The molecule has 0 radical (unpaired) electrons. The lowest BCUT2D eigenvalue weighted by Crippen LogP contribution is -2.39. The molecule has 1 aromatic carbocycles. The lowest BCUT2D eigenvalue weighted by atomic mass is 10.2. The number of guanidine groups is 1. The van der Waals surface area contributed by atoms with Gasteiger partial charge in [0.2, 0.25) is 0 Å². The topological polar surface area (TPSA) is 67.6 Å². The Bertz CT molecular complexity index is 778. The number of ether oxygens (including phenoxy) is 1. The van der Waals surface area contributed by atoms with Crippen LogP contribution in [0.1, 0.15) is 31.7 Å². The molecule has 1 aromatic heterocycles. The number of aliphatic imine (C=N–C) groups is 1. The highest BCUT2D eigenvalue weighted by molar-refractivity contribution is 14.0. The van der Waals surface area contributed by atoms with Gasteiger partial charge in [0, 0.05) is 40.2 Å². The highest BCUT2D eigenvalue weighted by Gasteiger charge is 2.13. The van der Waals surface area contributed by atoms with Gasteiger partial charge in [0.1, 0.15) is 11.6 Å². The van der Waals surface area contributed by atoms with Gasteiger partial charge >= 0.3 is 0 Å². The molecule has 0 fully saturated rings. The van der Waals surface area contributed by atoms with Crippen LogP contribution in [-0.4, -0.2) is 59.6 Å². The summed E-state index contributed by atoms with van der Waals surface area (Å²) in [6.45, 7) is 7.01. The van der Waals surface area contributed by atoms with E-state index in [1.165, 1.54) is 5.56 Å². The highest BCUT2D eigenvalue weighted by atomic mass is 127. The van der Waals surface area contributed by atoms with E-state index in [-0.39, 0.29) is 24.0 Å². The van der Waals surface area contributed by atoms with Crippen LogP contribution in [0.25, 0.3) is 0 Å². The molecule has 30 heavy (non-hydrogen) atoms. The molecule has 2 rings (SSSR count). The summed E-state index contributed by atoms with van der Waals surface area (Å²) in [5.74, 6) is 3.38. The SMILES string of the molecule is CN=C(NCCCc1nnc(SC)n1CC(C)C)N(C)Cc1ccc(OC)cc1.I. The number of aromatic nitrogens is 3. The molecule has 0 atom stereocenters. The van der Waals surface area contributed by atoms with Crippen LogP contribution in [0.5, 0.6) is 5.75 Å². The number of rotatable bonds is 10. The quantitative estimate of drug-likeness (QED) is 0.160. The molecule has 1 heterocycles. The molecule has 0 saturated carbocycles. The molecule has 0 saturated heterocycles. The van der Waals surface area contributed by atoms with Crippen molar-refractivity contribution in [1.82, 2.24) is 25.0 Å². The lowest BCUT2D eigenvalue weighted by Gasteiger charge is -2.22. The minimum absolute atomic E-state index is 0. The summed E-state index contributed by atoms with van der Waals surface area (Å²) in [6.07, 6.45) is 3.92. The molecule has 1 N–H and O–H groups in total. The van der Waals surface area contributed by atoms with E-state index in [0.29, 0.717) is 5.92 Å². The molecule has 7 nitrogen and oxygen atoms in total. The van der Waals surface area contributed by atoms with Gasteiger partial charge < -0.3 is 19.5 Å². The minimum atomic E-state index is 0. The van der Waals surface area contributed by atoms with Gasteiger partial charge in [0.25, 0.3) is 0 Å². The van der Waals surface area contributed by atoms with E-state index in [1.54, 1.807) is 18.9 Å². The number of nitrogens with one attached hydrogen (secondary N) is 1. The van der Waals surface area contributed by atoms with Crippen molar-refractivity contribution < 1.29 is 4.74 Å². The standard InChI is InChI=1S/C21H34N6OS.HI/c1-16(2)14-27-19(24-25-21(27)29-6)8-7-13-23-20(22-3)26(4)15-17-9-11-18(28-5)12-10-17;/h9-12,16H,7-8,13-15H2,1-6H3,(H,22,23);1H. The van der Waals surface area contributed by atoms with Crippen LogP contribution >= 0.6 is 35.7 Å². The van der Waals surface area contributed by atoms with Crippen LogP contribution in [0, 0.1) is 5.92 Å². The third-order valence-electron chi connectivity index (χ3n) is 4.54. The lowest BCUT2D eigenvalue weighted by molar-refractivity contribution is 0.414. The van der Waals surface area contributed by atoms with E-state index in [0.717, 1.165) is 55.2 Å². The monoisotopic (exact) mass is 546 g/mol. The normalized spacial score (nSPS) is 11.4. The smallest absolute Gasteiger partial charge is 0.193 e. The predicted molar refractivity (Wildman–Crippen MR) is 136 cm³/mol. The number of benzene rings is 1. The van der Waals surface area contributed by atoms with Gasteiger partial charge in [-0.3, -0.25) is 4.99 Å². The fourth-order valence-electron chi connectivity index (χ4n) is 3.11. The zero-order valence-electron chi connectivity index (χ0n) is 18.9. The fourth-order valence-corrected chi connectivity index (χ4v) is 3.64. The molecular weight excluding hydrogens is 511 g/mol. The van der Waals surface area contributed by atoms with E-state index in [4.69, 9.17) is 4.74 Å². The first-order chi connectivity index (χ1) is 14.0. The summed E-state index contributed by atoms with van der Waals surface area (Å²) in [4.78, 5) is 6.53. The van der Waals surface area contributed by atoms with Crippen molar-refractivity contribution in [3.63, 3.8) is 0 Å². The Morgan fingerprint density at radius 1 is 1.27 bits per heavy atom. The maximum absolute atomic E-state index is 5.22. The van der Waals surface area contributed by atoms with Gasteiger partial charge in [-0.25, -0.2) is 0 Å². The Labute approximate surface area is 202 Å².